The fraction of sp³-hybridized carbons (Fsp3) is 0.688. The first kappa shape index (κ1) is 14.9. The van der Waals surface area contributed by atoms with Crippen LogP contribution in [-0.2, 0) is 4.74 Å². The number of nitrogens with one attached hydrogen (secondary N) is 1. The van der Waals surface area contributed by atoms with Gasteiger partial charge in [0.25, 0.3) is 0 Å². The Morgan fingerprint density at radius 3 is 2.76 bits per heavy atom. The molecule has 1 aromatic rings. The lowest BCUT2D eigenvalue weighted by molar-refractivity contribution is 0.0944. The van der Waals surface area contributed by atoms with Crippen molar-refractivity contribution in [2.75, 3.05) is 30.8 Å². The second kappa shape index (κ2) is 5.97. The summed E-state index contributed by atoms with van der Waals surface area (Å²) in [5, 5.41) is 4.65. The predicted octanol–water partition coefficient (Wildman–Crippen LogP) is 3.49. The number of ketones is 1. The van der Waals surface area contributed by atoms with Crippen LogP contribution in [-0.4, -0.2) is 25.5 Å². The van der Waals surface area contributed by atoms with Gasteiger partial charge < -0.3 is 15.8 Å². The molecule has 1 saturated heterocycles. The molecule has 1 aliphatic heterocycles. The normalized spacial score (nSPS) is 22.0. The molecule has 1 unspecified atom stereocenters. The third-order valence-electron chi connectivity index (χ3n) is 4.29. The van der Waals surface area contributed by atoms with Crippen LogP contribution in [0.5, 0.6) is 0 Å². The molecular weight excluding hydrogens is 284 g/mol. The number of Topliss-reactive ketones (excluding diaryl/α,β-unsaturated/α-hetero) is 1. The van der Waals surface area contributed by atoms with Gasteiger partial charge in [0.15, 0.2) is 5.78 Å². The molecule has 2 fully saturated rings. The lowest BCUT2D eigenvalue weighted by atomic mass is 10.0. The number of thiophene rings is 1. The second-order valence-corrected chi connectivity index (χ2v) is 7.51. The molecule has 3 N–H and O–H groups in total. The van der Waals surface area contributed by atoms with E-state index >= 15 is 0 Å². The first-order valence-corrected chi connectivity index (χ1v) is 8.67. The highest BCUT2D eigenvalue weighted by atomic mass is 32.1. The van der Waals surface area contributed by atoms with Gasteiger partial charge >= 0.3 is 0 Å². The Morgan fingerprint density at radius 1 is 1.43 bits per heavy atom. The Morgan fingerprint density at radius 2 is 2.19 bits per heavy atom. The predicted molar refractivity (Wildman–Crippen MR) is 87.3 cm³/mol. The zero-order valence-corrected chi connectivity index (χ0v) is 13.6. The van der Waals surface area contributed by atoms with Gasteiger partial charge in [-0.05, 0) is 25.2 Å². The molecule has 0 bridgehead atoms. The molecule has 2 aliphatic rings. The fourth-order valence-electron chi connectivity index (χ4n) is 2.79. The van der Waals surface area contributed by atoms with Gasteiger partial charge in [-0.3, -0.25) is 4.79 Å². The Labute approximate surface area is 130 Å². The number of nitrogens with two attached hydrogens (primary N) is 1. The third-order valence-corrected chi connectivity index (χ3v) is 5.49. The molecule has 1 aliphatic carbocycles. The van der Waals surface area contributed by atoms with Crippen LogP contribution in [0.2, 0.25) is 0 Å². The van der Waals surface area contributed by atoms with Crippen molar-refractivity contribution in [3.63, 3.8) is 0 Å². The number of anilines is 2. The van der Waals surface area contributed by atoms with E-state index in [9.17, 15) is 4.79 Å². The van der Waals surface area contributed by atoms with Crippen molar-refractivity contribution in [3.05, 3.63) is 10.4 Å². The highest BCUT2D eigenvalue weighted by molar-refractivity contribution is 7.18. The average molecular weight is 308 g/mol. The minimum Gasteiger partial charge on any atom is -0.397 e. The standard InChI is InChI=1S/C16H24N2O2S/c1-9(2)14(19)15-13(17)12(11-3-4-11)16(21-15)18-7-10-5-6-20-8-10/h9-11,18H,3-8,17H2,1-2H3. The van der Waals surface area contributed by atoms with Gasteiger partial charge in [-0.25, -0.2) is 0 Å². The number of carbonyl (C=O) groups excluding carboxylic acids is 1. The van der Waals surface area contributed by atoms with Crippen LogP contribution in [0.3, 0.4) is 0 Å². The quantitative estimate of drug-likeness (QED) is 0.790. The zero-order valence-electron chi connectivity index (χ0n) is 12.8. The largest absolute Gasteiger partial charge is 0.397 e. The highest BCUT2D eigenvalue weighted by Crippen LogP contribution is 2.51. The van der Waals surface area contributed by atoms with Crippen LogP contribution >= 0.6 is 11.3 Å². The van der Waals surface area contributed by atoms with Crippen molar-refractivity contribution in [3.8, 4) is 0 Å². The molecule has 0 spiro atoms. The summed E-state index contributed by atoms with van der Waals surface area (Å²) in [5.41, 5.74) is 8.22. The van der Waals surface area contributed by atoms with Gasteiger partial charge in [-0.1, -0.05) is 13.8 Å². The second-order valence-electron chi connectivity index (χ2n) is 6.49. The van der Waals surface area contributed by atoms with E-state index in [1.807, 2.05) is 13.8 Å². The number of ether oxygens (including phenoxy) is 1. The molecule has 0 radical (unpaired) electrons. The Balaban J connectivity index is 1.80. The van der Waals surface area contributed by atoms with Crippen LogP contribution in [0.15, 0.2) is 0 Å². The van der Waals surface area contributed by atoms with E-state index in [0.717, 1.165) is 41.7 Å². The molecule has 1 aromatic heterocycles. The summed E-state index contributed by atoms with van der Waals surface area (Å²) in [5.74, 6) is 1.28. The SMILES string of the molecule is CC(C)C(=O)c1sc(NCC2CCOC2)c(C2CC2)c1N. The molecule has 0 amide bonds. The zero-order chi connectivity index (χ0) is 15.0. The van der Waals surface area contributed by atoms with Crippen LogP contribution in [0, 0.1) is 11.8 Å². The first-order valence-electron chi connectivity index (χ1n) is 7.86. The average Bonchev–Trinajstić information content (AvgIpc) is 3.04. The summed E-state index contributed by atoms with van der Waals surface area (Å²) in [6.45, 7) is 6.48. The summed E-state index contributed by atoms with van der Waals surface area (Å²) in [4.78, 5) is 13.1. The minimum absolute atomic E-state index is 0.00548. The molecule has 21 heavy (non-hydrogen) atoms. The van der Waals surface area contributed by atoms with E-state index in [2.05, 4.69) is 5.32 Å². The maximum absolute atomic E-state index is 12.3. The van der Waals surface area contributed by atoms with Crippen LogP contribution in [0.4, 0.5) is 10.7 Å². The van der Waals surface area contributed by atoms with Gasteiger partial charge in [0.05, 0.1) is 22.2 Å². The summed E-state index contributed by atoms with van der Waals surface area (Å²) >= 11 is 1.55. The molecule has 1 atom stereocenters. The molecular formula is C16H24N2O2S. The number of hydrogen-bond donors (Lipinski definition) is 2. The van der Waals surface area contributed by atoms with Crippen LogP contribution < -0.4 is 11.1 Å². The summed E-state index contributed by atoms with van der Waals surface area (Å²) < 4.78 is 5.42. The van der Waals surface area contributed by atoms with E-state index in [-0.39, 0.29) is 11.7 Å². The first-order chi connectivity index (χ1) is 10.1. The monoisotopic (exact) mass is 308 g/mol. The van der Waals surface area contributed by atoms with Gasteiger partial charge in [-0.15, -0.1) is 11.3 Å². The molecule has 116 valence electrons. The summed E-state index contributed by atoms with van der Waals surface area (Å²) in [7, 11) is 0. The molecule has 2 heterocycles. The Kier molecular flexibility index (Phi) is 4.22. The van der Waals surface area contributed by atoms with Crippen molar-refractivity contribution in [2.45, 2.75) is 39.0 Å². The third kappa shape index (κ3) is 3.09. The Hall–Kier alpha value is -1.07. The number of nitrogen functional groups attached to an aromatic ring is 1. The highest BCUT2D eigenvalue weighted by Gasteiger charge is 2.33. The fourth-order valence-corrected chi connectivity index (χ4v) is 4.09. The molecule has 5 heteroatoms. The van der Waals surface area contributed by atoms with Crippen molar-refractivity contribution in [1.82, 2.24) is 0 Å². The van der Waals surface area contributed by atoms with Gasteiger partial charge in [0, 0.05) is 30.6 Å². The van der Waals surface area contributed by atoms with Gasteiger partial charge in [0.1, 0.15) is 0 Å². The van der Waals surface area contributed by atoms with Gasteiger partial charge in [0.2, 0.25) is 0 Å². The minimum atomic E-state index is -0.00548. The number of hydrogen-bond acceptors (Lipinski definition) is 5. The lowest BCUT2D eigenvalue weighted by Gasteiger charge is -2.11. The van der Waals surface area contributed by atoms with Crippen molar-refractivity contribution >= 4 is 27.8 Å². The van der Waals surface area contributed by atoms with Crippen LogP contribution in [0.25, 0.3) is 0 Å². The maximum Gasteiger partial charge on any atom is 0.177 e. The molecule has 1 saturated carbocycles. The number of rotatable bonds is 6. The van der Waals surface area contributed by atoms with E-state index in [1.165, 1.54) is 18.4 Å². The maximum atomic E-state index is 12.3. The summed E-state index contributed by atoms with van der Waals surface area (Å²) in [6.07, 6.45) is 3.50. The van der Waals surface area contributed by atoms with E-state index in [1.54, 1.807) is 11.3 Å². The van der Waals surface area contributed by atoms with E-state index in [4.69, 9.17) is 10.5 Å². The molecule has 4 nitrogen and oxygen atoms in total. The molecule has 0 aromatic carbocycles. The Bertz CT molecular complexity index is 529. The topological polar surface area (TPSA) is 64.3 Å². The van der Waals surface area contributed by atoms with Crippen molar-refractivity contribution in [2.24, 2.45) is 11.8 Å². The van der Waals surface area contributed by atoms with Crippen LogP contribution in [0.1, 0.15) is 54.3 Å². The van der Waals surface area contributed by atoms with E-state index < -0.39 is 0 Å². The van der Waals surface area contributed by atoms with Crippen molar-refractivity contribution in [1.29, 1.82) is 0 Å². The summed E-state index contributed by atoms with van der Waals surface area (Å²) in [6, 6.07) is 0. The smallest absolute Gasteiger partial charge is 0.177 e. The lowest BCUT2D eigenvalue weighted by Crippen LogP contribution is -2.14. The van der Waals surface area contributed by atoms with Gasteiger partial charge in [-0.2, -0.15) is 0 Å². The molecule has 3 rings (SSSR count). The number of carbonyl (C=O) groups is 1. The van der Waals surface area contributed by atoms with E-state index in [0.29, 0.717) is 11.8 Å². The van der Waals surface area contributed by atoms with Crippen molar-refractivity contribution < 1.29 is 9.53 Å².